The Kier molecular flexibility index (Phi) is 5.50. The Morgan fingerprint density at radius 3 is 2.50 bits per heavy atom. The fourth-order valence-corrected chi connectivity index (χ4v) is 4.96. The summed E-state index contributed by atoms with van der Waals surface area (Å²) < 4.78 is 27.8. The van der Waals surface area contributed by atoms with Crippen molar-refractivity contribution in [2.75, 3.05) is 18.0 Å². The Bertz CT molecular complexity index is 913. The number of likely N-dealkylation sites (N-methyl/N-ethyl adjacent to an activating group) is 1. The van der Waals surface area contributed by atoms with Gasteiger partial charge in [-0.05, 0) is 49.2 Å². The third kappa shape index (κ3) is 3.56. The van der Waals surface area contributed by atoms with Gasteiger partial charge in [-0.15, -0.1) is 0 Å². The Labute approximate surface area is 162 Å². The minimum Gasteiger partial charge on any atom is -0.308 e. The number of benzene rings is 2. The molecule has 0 N–H and O–H groups in total. The van der Waals surface area contributed by atoms with Crippen molar-refractivity contribution in [3.63, 3.8) is 0 Å². The Morgan fingerprint density at radius 2 is 1.85 bits per heavy atom. The molecule has 0 aliphatic carbocycles. The summed E-state index contributed by atoms with van der Waals surface area (Å²) in [7, 11) is -3.72. The van der Waals surface area contributed by atoms with Crippen molar-refractivity contribution in [3.8, 4) is 0 Å². The molecule has 0 spiro atoms. The molecular weight excluding hydrogens is 416 g/mol. The standard InChI is InChI=1S/C19H21BrN2O3S/c1-3-21(26(24,25)17-10-8-16(20)9-11-17)13-19(23)22-14(2)12-15-6-4-5-7-18(15)22/h4-11,14H,3,12-13H2,1-2H3/t14-/m1/s1. The van der Waals surface area contributed by atoms with E-state index in [1.807, 2.05) is 31.2 Å². The first kappa shape index (κ1) is 19.1. The maximum Gasteiger partial charge on any atom is 0.243 e. The molecule has 26 heavy (non-hydrogen) atoms. The van der Waals surface area contributed by atoms with Gasteiger partial charge < -0.3 is 4.90 Å². The third-order valence-electron chi connectivity index (χ3n) is 4.59. The number of hydrogen-bond acceptors (Lipinski definition) is 3. The number of halogens is 1. The average Bonchev–Trinajstić information content (AvgIpc) is 2.95. The highest BCUT2D eigenvalue weighted by atomic mass is 79.9. The molecule has 5 nitrogen and oxygen atoms in total. The highest BCUT2D eigenvalue weighted by Crippen LogP contribution is 2.32. The van der Waals surface area contributed by atoms with Crippen molar-refractivity contribution < 1.29 is 13.2 Å². The molecule has 138 valence electrons. The second-order valence-electron chi connectivity index (χ2n) is 6.33. The van der Waals surface area contributed by atoms with Crippen LogP contribution in [0.3, 0.4) is 0 Å². The van der Waals surface area contributed by atoms with E-state index in [2.05, 4.69) is 15.9 Å². The predicted molar refractivity (Wildman–Crippen MR) is 106 cm³/mol. The van der Waals surface area contributed by atoms with E-state index in [9.17, 15) is 13.2 Å². The molecule has 0 bridgehead atoms. The van der Waals surface area contributed by atoms with E-state index in [4.69, 9.17) is 0 Å². The summed E-state index contributed by atoms with van der Waals surface area (Å²) in [6, 6.07) is 14.2. The smallest absolute Gasteiger partial charge is 0.243 e. The number of hydrogen-bond donors (Lipinski definition) is 0. The predicted octanol–water partition coefficient (Wildman–Crippen LogP) is 3.44. The van der Waals surface area contributed by atoms with Gasteiger partial charge in [-0.3, -0.25) is 4.79 Å². The molecule has 0 unspecified atom stereocenters. The van der Waals surface area contributed by atoms with Gasteiger partial charge in [0.15, 0.2) is 0 Å². The molecule has 2 aromatic carbocycles. The van der Waals surface area contributed by atoms with Gasteiger partial charge >= 0.3 is 0 Å². The van der Waals surface area contributed by atoms with Crippen LogP contribution in [0.2, 0.25) is 0 Å². The topological polar surface area (TPSA) is 57.7 Å². The summed E-state index contributed by atoms with van der Waals surface area (Å²) in [6.45, 7) is 3.78. The molecule has 0 fully saturated rings. The molecule has 1 aliphatic rings. The summed E-state index contributed by atoms with van der Waals surface area (Å²) in [4.78, 5) is 14.8. The van der Waals surface area contributed by atoms with Crippen LogP contribution in [-0.4, -0.2) is 37.8 Å². The zero-order valence-electron chi connectivity index (χ0n) is 14.7. The first-order valence-corrected chi connectivity index (χ1v) is 10.7. The van der Waals surface area contributed by atoms with Crippen LogP contribution >= 0.6 is 15.9 Å². The van der Waals surface area contributed by atoms with Crippen molar-refractivity contribution in [3.05, 3.63) is 58.6 Å². The maximum absolute atomic E-state index is 12.9. The molecule has 1 heterocycles. The average molecular weight is 437 g/mol. The van der Waals surface area contributed by atoms with Crippen LogP contribution in [0, 0.1) is 0 Å². The summed E-state index contributed by atoms with van der Waals surface area (Å²) in [6.07, 6.45) is 0.785. The van der Waals surface area contributed by atoms with Crippen molar-refractivity contribution in [2.45, 2.75) is 31.2 Å². The second kappa shape index (κ2) is 7.50. The van der Waals surface area contributed by atoms with Gasteiger partial charge in [0.05, 0.1) is 11.4 Å². The van der Waals surface area contributed by atoms with Gasteiger partial charge in [-0.25, -0.2) is 8.42 Å². The van der Waals surface area contributed by atoms with Gasteiger partial charge in [0.1, 0.15) is 0 Å². The molecule has 0 aromatic heterocycles. The fourth-order valence-electron chi connectivity index (χ4n) is 3.30. The minimum atomic E-state index is -3.72. The van der Waals surface area contributed by atoms with Crippen LogP contribution in [-0.2, 0) is 21.2 Å². The lowest BCUT2D eigenvalue weighted by Crippen LogP contribution is -2.45. The fraction of sp³-hybridized carbons (Fsp3) is 0.316. The Balaban J connectivity index is 1.84. The molecular formula is C19H21BrN2O3S. The monoisotopic (exact) mass is 436 g/mol. The van der Waals surface area contributed by atoms with Gasteiger partial charge in [-0.1, -0.05) is 41.1 Å². The molecule has 3 rings (SSSR count). The SMILES string of the molecule is CCN(CC(=O)N1c2ccccc2C[C@H]1C)S(=O)(=O)c1ccc(Br)cc1. The number of sulfonamides is 1. The van der Waals surface area contributed by atoms with Crippen LogP contribution in [0.4, 0.5) is 5.69 Å². The minimum absolute atomic E-state index is 0.0222. The number of amides is 1. The van der Waals surface area contributed by atoms with E-state index in [-0.39, 0.29) is 29.9 Å². The van der Waals surface area contributed by atoms with Crippen LogP contribution in [0.5, 0.6) is 0 Å². The molecule has 1 aliphatic heterocycles. The van der Waals surface area contributed by atoms with E-state index in [0.717, 1.165) is 22.1 Å². The second-order valence-corrected chi connectivity index (χ2v) is 9.18. The van der Waals surface area contributed by atoms with E-state index in [1.165, 1.54) is 4.31 Å². The van der Waals surface area contributed by atoms with E-state index in [1.54, 1.807) is 36.1 Å². The first-order chi connectivity index (χ1) is 12.3. The van der Waals surface area contributed by atoms with Crippen LogP contribution in [0.25, 0.3) is 0 Å². The zero-order valence-corrected chi connectivity index (χ0v) is 17.1. The zero-order chi connectivity index (χ0) is 18.9. The van der Waals surface area contributed by atoms with E-state index < -0.39 is 10.0 Å². The highest BCUT2D eigenvalue weighted by molar-refractivity contribution is 9.10. The lowest BCUT2D eigenvalue weighted by Gasteiger charge is -2.27. The Hall–Kier alpha value is -1.70. The normalized spacial score (nSPS) is 16.8. The van der Waals surface area contributed by atoms with Gasteiger partial charge in [0.2, 0.25) is 15.9 Å². The molecule has 1 atom stereocenters. The Morgan fingerprint density at radius 1 is 1.19 bits per heavy atom. The number of carbonyl (C=O) groups excluding carboxylic acids is 1. The van der Waals surface area contributed by atoms with Crippen LogP contribution < -0.4 is 4.90 Å². The van der Waals surface area contributed by atoms with Gasteiger partial charge in [-0.2, -0.15) is 4.31 Å². The molecule has 0 saturated heterocycles. The number of para-hydroxylation sites is 1. The van der Waals surface area contributed by atoms with Crippen molar-refractivity contribution in [1.29, 1.82) is 0 Å². The highest BCUT2D eigenvalue weighted by Gasteiger charge is 2.33. The van der Waals surface area contributed by atoms with E-state index in [0.29, 0.717) is 0 Å². The summed E-state index contributed by atoms with van der Waals surface area (Å²) in [5, 5.41) is 0. The van der Waals surface area contributed by atoms with Crippen molar-refractivity contribution >= 4 is 37.5 Å². The van der Waals surface area contributed by atoms with Crippen LogP contribution in [0.1, 0.15) is 19.4 Å². The summed E-state index contributed by atoms with van der Waals surface area (Å²) in [5.74, 6) is -0.204. The number of rotatable bonds is 5. The molecule has 1 amide bonds. The number of fused-ring (bicyclic) bond motifs is 1. The van der Waals surface area contributed by atoms with Gasteiger partial charge in [0, 0.05) is 22.7 Å². The molecule has 2 aromatic rings. The molecule has 0 saturated carbocycles. The maximum atomic E-state index is 12.9. The summed E-state index contributed by atoms with van der Waals surface area (Å²) >= 11 is 3.30. The third-order valence-corrected chi connectivity index (χ3v) is 7.06. The van der Waals surface area contributed by atoms with Crippen molar-refractivity contribution in [2.24, 2.45) is 0 Å². The summed E-state index contributed by atoms with van der Waals surface area (Å²) in [5.41, 5.74) is 1.99. The number of nitrogens with zero attached hydrogens (tertiary/aromatic N) is 2. The van der Waals surface area contributed by atoms with E-state index >= 15 is 0 Å². The quantitative estimate of drug-likeness (QED) is 0.720. The first-order valence-electron chi connectivity index (χ1n) is 8.50. The lowest BCUT2D eigenvalue weighted by molar-refractivity contribution is -0.119. The molecule has 0 radical (unpaired) electrons. The largest absolute Gasteiger partial charge is 0.308 e. The van der Waals surface area contributed by atoms with Crippen LogP contribution in [0.15, 0.2) is 57.9 Å². The van der Waals surface area contributed by atoms with Gasteiger partial charge in [0.25, 0.3) is 0 Å². The lowest BCUT2D eigenvalue weighted by atomic mass is 10.1. The molecule has 7 heteroatoms. The number of carbonyl (C=O) groups is 1. The number of anilines is 1. The van der Waals surface area contributed by atoms with Crippen molar-refractivity contribution in [1.82, 2.24) is 4.31 Å².